The number of nitrogens with zero attached hydrogens (tertiary/aromatic N) is 2. The summed E-state index contributed by atoms with van der Waals surface area (Å²) in [7, 11) is 0. The third kappa shape index (κ3) is 4.10. The van der Waals surface area contributed by atoms with Gasteiger partial charge >= 0.3 is 12.3 Å². The molecule has 0 saturated heterocycles. The molecule has 0 bridgehead atoms. The molecular weight excluding hydrogens is 364 g/mol. The predicted molar refractivity (Wildman–Crippen MR) is 91.8 cm³/mol. The number of aromatic nitrogens is 2. The van der Waals surface area contributed by atoms with Crippen molar-refractivity contribution in [3.63, 3.8) is 0 Å². The van der Waals surface area contributed by atoms with Crippen molar-refractivity contribution in [3.05, 3.63) is 54.4 Å². The lowest BCUT2D eigenvalue weighted by Crippen LogP contribution is -2.26. The Hall–Kier alpha value is -2.90. The van der Waals surface area contributed by atoms with E-state index >= 15 is 0 Å². The Kier molecular flexibility index (Phi) is 4.45. The van der Waals surface area contributed by atoms with Crippen LogP contribution in [0.1, 0.15) is 26.5 Å². The number of alkyl halides is 3. The molecule has 27 heavy (non-hydrogen) atoms. The highest BCUT2D eigenvalue weighted by Gasteiger charge is 2.36. The number of carbonyl (C=O) groups is 1. The van der Waals surface area contributed by atoms with E-state index in [0.717, 1.165) is 6.07 Å². The van der Waals surface area contributed by atoms with Crippen LogP contribution in [0.2, 0.25) is 0 Å². The summed E-state index contributed by atoms with van der Waals surface area (Å²) in [6, 6.07) is 5.22. The maximum absolute atomic E-state index is 13.5. The summed E-state index contributed by atoms with van der Waals surface area (Å²) in [6.45, 7) is 5.17. The third-order valence-corrected chi connectivity index (χ3v) is 3.68. The van der Waals surface area contributed by atoms with E-state index in [1.165, 1.54) is 29.1 Å². The van der Waals surface area contributed by atoms with Crippen molar-refractivity contribution in [3.8, 4) is 11.1 Å². The molecule has 0 atom stereocenters. The van der Waals surface area contributed by atoms with E-state index in [1.54, 1.807) is 26.8 Å². The van der Waals surface area contributed by atoms with Crippen LogP contribution in [-0.4, -0.2) is 21.2 Å². The average Bonchev–Trinajstić information content (AvgIpc) is 2.95. The minimum absolute atomic E-state index is 0.142. The molecular formula is C19H16F4N2O2. The first-order valence-electron chi connectivity index (χ1n) is 8.02. The van der Waals surface area contributed by atoms with Crippen LogP contribution in [0.4, 0.5) is 22.4 Å². The fraction of sp³-hybridized carbons (Fsp3) is 0.263. The van der Waals surface area contributed by atoms with Gasteiger partial charge in [0.25, 0.3) is 0 Å². The van der Waals surface area contributed by atoms with E-state index < -0.39 is 29.4 Å². The average molecular weight is 380 g/mol. The van der Waals surface area contributed by atoms with Gasteiger partial charge in [0.1, 0.15) is 11.4 Å². The van der Waals surface area contributed by atoms with Crippen molar-refractivity contribution in [1.29, 1.82) is 0 Å². The van der Waals surface area contributed by atoms with Gasteiger partial charge in [-0.3, -0.25) is 4.57 Å². The first-order valence-corrected chi connectivity index (χ1v) is 8.02. The van der Waals surface area contributed by atoms with Crippen molar-refractivity contribution < 1.29 is 27.1 Å². The van der Waals surface area contributed by atoms with Crippen molar-refractivity contribution in [2.75, 3.05) is 0 Å². The number of hydrogen-bond donors (Lipinski definition) is 0. The molecule has 8 heteroatoms. The first-order chi connectivity index (χ1) is 12.4. The summed E-state index contributed by atoms with van der Waals surface area (Å²) in [6.07, 6.45) is -1.83. The summed E-state index contributed by atoms with van der Waals surface area (Å²) in [4.78, 5) is 15.3. The molecule has 2 aromatic heterocycles. The Labute approximate surface area is 152 Å². The van der Waals surface area contributed by atoms with Crippen LogP contribution in [0.15, 0.2) is 42.9 Å². The van der Waals surface area contributed by atoms with Gasteiger partial charge in [-0.2, -0.15) is 13.2 Å². The smallest absolute Gasteiger partial charge is 0.433 e. The van der Waals surface area contributed by atoms with Gasteiger partial charge in [0.05, 0.1) is 6.20 Å². The summed E-state index contributed by atoms with van der Waals surface area (Å²) < 4.78 is 59.6. The quantitative estimate of drug-likeness (QED) is 0.513. The molecule has 2 heterocycles. The molecule has 0 radical (unpaired) electrons. The number of pyridine rings is 1. The second-order valence-corrected chi connectivity index (χ2v) is 7.04. The van der Waals surface area contributed by atoms with Crippen LogP contribution in [0.25, 0.3) is 21.9 Å². The Morgan fingerprint density at radius 1 is 1.07 bits per heavy atom. The highest BCUT2D eigenvalue weighted by atomic mass is 19.4. The zero-order chi connectivity index (χ0) is 20.0. The highest BCUT2D eigenvalue weighted by Crippen LogP contribution is 2.36. The molecule has 0 unspecified atom stereocenters. The standard InChI is InChI=1S/C19H16F4N2O2/c1-18(2,3)27-17(26)25-9-12-5-4-11(6-13(12)10-25)15-7-14(20)8-24-16(15)19(21,22)23/h4-10H,1-3H3. The Morgan fingerprint density at radius 3 is 2.37 bits per heavy atom. The lowest BCUT2D eigenvalue weighted by Gasteiger charge is -2.19. The zero-order valence-corrected chi connectivity index (χ0v) is 14.8. The van der Waals surface area contributed by atoms with Crippen LogP contribution in [0.3, 0.4) is 0 Å². The number of fused-ring (bicyclic) bond motifs is 1. The monoisotopic (exact) mass is 380 g/mol. The highest BCUT2D eigenvalue weighted by molar-refractivity contribution is 5.90. The number of hydrogen-bond acceptors (Lipinski definition) is 3. The van der Waals surface area contributed by atoms with E-state index in [1.807, 2.05) is 0 Å². The van der Waals surface area contributed by atoms with Crippen molar-refractivity contribution in [2.45, 2.75) is 32.5 Å². The van der Waals surface area contributed by atoms with Crippen LogP contribution < -0.4 is 0 Å². The van der Waals surface area contributed by atoms with E-state index in [4.69, 9.17) is 4.74 Å². The van der Waals surface area contributed by atoms with Gasteiger partial charge in [0, 0.05) is 28.7 Å². The first kappa shape index (κ1) is 18.9. The van der Waals surface area contributed by atoms with Crippen LogP contribution in [0, 0.1) is 5.82 Å². The third-order valence-electron chi connectivity index (χ3n) is 3.68. The molecule has 142 valence electrons. The number of ether oxygens (including phenoxy) is 1. The normalized spacial score (nSPS) is 12.4. The fourth-order valence-electron chi connectivity index (χ4n) is 2.61. The maximum atomic E-state index is 13.5. The number of carbonyl (C=O) groups excluding carboxylic acids is 1. The van der Waals surface area contributed by atoms with Crippen molar-refractivity contribution >= 4 is 16.9 Å². The molecule has 0 N–H and O–H groups in total. The Balaban J connectivity index is 2.06. The summed E-state index contributed by atoms with van der Waals surface area (Å²) in [5.74, 6) is -0.871. The fourth-order valence-corrected chi connectivity index (χ4v) is 2.61. The second-order valence-electron chi connectivity index (χ2n) is 7.04. The van der Waals surface area contributed by atoms with Gasteiger partial charge in [-0.05, 0) is 38.5 Å². The number of rotatable bonds is 1. The van der Waals surface area contributed by atoms with Crippen LogP contribution in [0.5, 0.6) is 0 Å². The maximum Gasteiger partial charge on any atom is 0.433 e. The molecule has 0 aliphatic rings. The molecule has 0 saturated carbocycles. The molecule has 3 rings (SSSR count). The minimum atomic E-state index is -4.72. The van der Waals surface area contributed by atoms with Gasteiger partial charge in [0.15, 0.2) is 5.69 Å². The Bertz CT molecular complexity index is 1020. The molecule has 0 amide bonds. The van der Waals surface area contributed by atoms with E-state index in [9.17, 15) is 22.4 Å². The van der Waals surface area contributed by atoms with Gasteiger partial charge in [0.2, 0.25) is 0 Å². The molecule has 0 spiro atoms. The molecule has 1 aromatic carbocycles. The van der Waals surface area contributed by atoms with Crippen molar-refractivity contribution in [1.82, 2.24) is 9.55 Å². The molecule has 3 aromatic rings. The lowest BCUT2D eigenvalue weighted by molar-refractivity contribution is -0.140. The summed E-state index contributed by atoms with van der Waals surface area (Å²) in [5, 5.41) is 1.14. The largest absolute Gasteiger partial charge is 0.443 e. The lowest BCUT2D eigenvalue weighted by atomic mass is 10.0. The zero-order valence-electron chi connectivity index (χ0n) is 14.8. The van der Waals surface area contributed by atoms with Crippen LogP contribution >= 0.6 is 0 Å². The van der Waals surface area contributed by atoms with Gasteiger partial charge in [-0.25, -0.2) is 14.2 Å². The van der Waals surface area contributed by atoms with Gasteiger partial charge in [-0.15, -0.1) is 0 Å². The van der Waals surface area contributed by atoms with E-state index in [-0.39, 0.29) is 11.1 Å². The number of halogens is 4. The topological polar surface area (TPSA) is 44.1 Å². The van der Waals surface area contributed by atoms with Gasteiger partial charge < -0.3 is 4.74 Å². The van der Waals surface area contributed by atoms with E-state index in [2.05, 4.69) is 4.98 Å². The van der Waals surface area contributed by atoms with Crippen molar-refractivity contribution in [2.24, 2.45) is 0 Å². The number of benzene rings is 1. The molecule has 0 aliphatic carbocycles. The second kappa shape index (κ2) is 6.37. The SMILES string of the molecule is CC(C)(C)OC(=O)n1cc2ccc(-c3cc(F)cnc3C(F)(F)F)cc2c1. The molecule has 0 fully saturated rings. The van der Waals surface area contributed by atoms with Gasteiger partial charge in [-0.1, -0.05) is 12.1 Å². The van der Waals surface area contributed by atoms with E-state index in [0.29, 0.717) is 17.0 Å². The summed E-state index contributed by atoms with van der Waals surface area (Å²) in [5.41, 5.74) is -2.08. The summed E-state index contributed by atoms with van der Waals surface area (Å²) >= 11 is 0. The molecule has 4 nitrogen and oxygen atoms in total. The Morgan fingerprint density at radius 2 is 1.74 bits per heavy atom. The predicted octanol–water partition coefficient (Wildman–Crippen LogP) is 5.64. The minimum Gasteiger partial charge on any atom is -0.443 e. The van der Waals surface area contributed by atoms with Crippen LogP contribution in [-0.2, 0) is 10.9 Å². The molecule has 0 aliphatic heterocycles.